The van der Waals surface area contributed by atoms with Crippen molar-refractivity contribution >= 4 is 20.9 Å². The molecule has 1 atom stereocenters. The zero-order valence-electron chi connectivity index (χ0n) is 10.3. The van der Waals surface area contributed by atoms with Crippen LogP contribution >= 0.6 is 0 Å². The summed E-state index contributed by atoms with van der Waals surface area (Å²) in [5.74, 6) is 0. The molecule has 0 spiro atoms. The van der Waals surface area contributed by atoms with Crippen molar-refractivity contribution < 1.29 is 13.2 Å². The number of aromatic nitrogens is 2. The molecule has 2 heterocycles. The summed E-state index contributed by atoms with van der Waals surface area (Å²) in [5.41, 5.74) is 0.735. The monoisotopic (exact) mass is 281 g/mol. The Kier molecular flexibility index (Phi) is 3.04. The molecule has 1 aromatic carbocycles. The molecule has 2 N–H and O–H groups in total. The van der Waals surface area contributed by atoms with Gasteiger partial charge < -0.3 is 4.74 Å². The minimum atomic E-state index is -3.74. The maximum absolute atomic E-state index is 11.5. The van der Waals surface area contributed by atoms with Gasteiger partial charge in [0.25, 0.3) is 0 Å². The van der Waals surface area contributed by atoms with Gasteiger partial charge >= 0.3 is 0 Å². The molecule has 0 radical (unpaired) electrons. The fraction of sp³-hybridized carbons (Fsp3) is 0.417. The van der Waals surface area contributed by atoms with Crippen LogP contribution in [0.5, 0.6) is 0 Å². The Labute approximate surface area is 111 Å². The van der Waals surface area contributed by atoms with Crippen LogP contribution in [0, 0.1) is 0 Å². The molecule has 19 heavy (non-hydrogen) atoms. The van der Waals surface area contributed by atoms with Gasteiger partial charge in [-0.25, -0.2) is 18.2 Å². The minimum Gasteiger partial charge on any atom is -0.356 e. The van der Waals surface area contributed by atoms with Gasteiger partial charge in [-0.1, -0.05) is 6.07 Å². The van der Waals surface area contributed by atoms with Gasteiger partial charge in [0.1, 0.15) is 0 Å². The van der Waals surface area contributed by atoms with E-state index in [1.165, 1.54) is 12.3 Å². The Balaban J connectivity index is 2.14. The molecule has 7 heteroatoms. The molecular weight excluding hydrogens is 266 g/mol. The van der Waals surface area contributed by atoms with Crippen LogP contribution in [-0.2, 0) is 14.8 Å². The second-order valence-corrected chi connectivity index (χ2v) is 6.17. The molecule has 1 unspecified atom stereocenters. The molecule has 1 saturated heterocycles. The van der Waals surface area contributed by atoms with Gasteiger partial charge in [-0.2, -0.15) is 5.10 Å². The minimum absolute atomic E-state index is 0.104. The van der Waals surface area contributed by atoms with Gasteiger partial charge in [0.2, 0.25) is 10.0 Å². The first-order chi connectivity index (χ1) is 9.07. The van der Waals surface area contributed by atoms with Gasteiger partial charge in [-0.05, 0) is 31.4 Å². The zero-order chi connectivity index (χ0) is 13.5. The molecule has 3 rings (SSSR count). The highest BCUT2D eigenvalue weighted by atomic mass is 32.2. The Morgan fingerprint density at radius 1 is 1.37 bits per heavy atom. The van der Waals surface area contributed by atoms with Crippen LogP contribution in [0.1, 0.15) is 25.5 Å². The molecule has 6 nitrogen and oxygen atoms in total. The van der Waals surface area contributed by atoms with E-state index in [9.17, 15) is 8.42 Å². The average Bonchev–Trinajstić information content (AvgIpc) is 2.82. The van der Waals surface area contributed by atoms with E-state index >= 15 is 0 Å². The van der Waals surface area contributed by atoms with Crippen molar-refractivity contribution in [3.63, 3.8) is 0 Å². The second kappa shape index (κ2) is 4.59. The largest absolute Gasteiger partial charge is 0.356 e. The van der Waals surface area contributed by atoms with E-state index in [2.05, 4.69) is 5.10 Å². The highest BCUT2D eigenvalue weighted by Crippen LogP contribution is 2.28. The normalized spacial score (nSPS) is 20.8. The van der Waals surface area contributed by atoms with Gasteiger partial charge in [0.15, 0.2) is 6.23 Å². The van der Waals surface area contributed by atoms with Crippen LogP contribution in [-0.4, -0.2) is 24.8 Å². The van der Waals surface area contributed by atoms with Gasteiger partial charge in [-0.3, -0.25) is 0 Å². The smallest absolute Gasteiger partial charge is 0.238 e. The van der Waals surface area contributed by atoms with Crippen molar-refractivity contribution in [3.8, 4) is 0 Å². The number of hydrogen-bond donors (Lipinski definition) is 1. The number of nitrogens with zero attached hydrogens (tertiary/aromatic N) is 2. The van der Waals surface area contributed by atoms with Crippen LogP contribution in [0.4, 0.5) is 0 Å². The fourth-order valence-electron chi connectivity index (χ4n) is 2.44. The maximum Gasteiger partial charge on any atom is 0.238 e. The van der Waals surface area contributed by atoms with E-state index in [-0.39, 0.29) is 11.1 Å². The predicted octanol–water partition coefficient (Wildman–Crippen LogP) is 1.38. The van der Waals surface area contributed by atoms with E-state index < -0.39 is 10.0 Å². The molecule has 102 valence electrons. The van der Waals surface area contributed by atoms with E-state index in [1.54, 1.807) is 10.7 Å². The van der Waals surface area contributed by atoms with Crippen molar-refractivity contribution in [2.75, 3.05) is 6.61 Å². The average molecular weight is 281 g/mol. The van der Waals surface area contributed by atoms with Crippen LogP contribution in [0.3, 0.4) is 0 Å². The number of benzene rings is 1. The summed E-state index contributed by atoms with van der Waals surface area (Å²) < 4.78 is 30.5. The van der Waals surface area contributed by atoms with Crippen LogP contribution in [0.2, 0.25) is 0 Å². The topological polar surface area (TPSA) is 87.2 Å². The third kappa shape index (κ3) is 2.24. The molecule has 1 aliphatic rings. The highest BCUT2D eigenvalue weighted by molar-refractivity contribution is 7.89. The van der Waals surface area contributed by atoms with Crippen molar-refractivity contribution in [1.82, 2.24) is 9.78 Å². The number of fused-ring (bicyclic) bond motifs is 1. The first-order valence-corrected chi connectivity index (χ1v) is 7.72. The van der Waals surface area contributed by atoms with Crippen LogP contribution < -0.4 is 5.14 Å². The molecule has 0 aliphatic carbocycles. The summed E-state index contributed by atoms with van der Waals surface area (Å²) in [6.07, 6.45) is 4.43. The summed E-state index contributed by atoms with van der Waals surface area (Å²) in [7, 11) is -3.74. The summed E-state index contributed by atoms with van der Waals surface area (Å²) in [4.78, 5) is 0.104. The summed E-state index contributed by atoms with van der Waals surface area (Å²) in [6.45, 7) is 0.709. The maximum atomic E-state index is 11.5. The van der Waals surface area contributed by atoms with E-state index in [1.807, 2.05) is 6.07 Å². The third-order valence-electron chi connectivity index (χ3n) is 3.34. The lowest BCUT2D eigenvalue weighted by molar-refractivity contribution is -0.0366. The number of sulfonamides is 1. The quantitative estimate of drug-likeness (QED) is 0.901. The number of ether oxygens (including phenoxy) is 1. The molecule has 2 aromatic rings. The Morgan fingerprint density at radius 2 is 2.21 bits per heavy atom. The number of nitrogens with two attached hydrogens (primary N) is 1. The lowest BCUT2D eigenvalue weighted by atomic mass is 10.2. The Hall–Kier alpha value is -1.44. The Bertz CT molecular complexity index is 702. The van der Waals surface area contributed by atoms with Gasteiger partial charge in [0.05, 0.1) is 16.6 Å². The van der Waals surface area contributed by atoms with E-state index in [4.69, 9.17) is 9.88 Å². The number of primary sulfonamides is 1. The Morgan fingerprint density at radius 3 is 2.89 bits per heavy atom. The lowest BCUT2D eigenvalue weighted by Gasteiger charge is -2.23. The van der Waals surface area contributed by atoms with E-state index in [0.29, 0.717) is 12.0 Å². The number of rotatable bonds is 2. The third-order valence-corrected chi connectivity index (χ3v) is 4.31. The molecular formula is C12H15N3O3S. The van der Waals surface area contributed by atoms with Crippen molar-refractivity contribution in [2.45, 2.75) is 30.4 Å². The predicted molar refractivity (Wildman–Crippen MR) is 69.9 cm³/mol. The van der Waals surface area contributed by atoms with Gasteiger partial charge in [0, 0.05) is 12.0 Å². The molecule has 0 bridgehead atoms. The molecule has 1 aromatic heterocycles. The number of hydrogen-bond acceptors (Lipinski definition) is 4. The van der Waals surface area contributed by atoms with Crippen LogP contribution in [0.15, 0.2) is 29.3 Å². The van der Waals surface area contributed by atoms with Crippen LogP contribution in [0.25, 0.3) is 10.9 Å². The second-order valence-electron chi connectivity index (χ2n) is 4.64. The molecule has 0 saturated carbocycles. The lowest BCUT2D eigenvalue weighted by Crippen LogP contribution is -2.19. The highest BCUT2D eigenvalue weighted by Gasteiger charge is 2.21. The first kappa shape index (κ1) is 12.6. The summed E-state index contributed by atoms with van der Waals surface area (Å²) >= 11 is 0. The first-order valence-electron chi connectivity index (χ1n) is 6.18. The SMILES string of the molecule is NS(=O)(=O)c1cccc2c1cnn2C1CCCCO1. The molecule has 1 fully saturated rings. The van der Waals surface area contributed by atoms with Crippen molar-refractivity contribution in [1.29, 1.82) is 0 Å². The fourth-order valence-corrected chi connectivity index (χ4v) is 3.17. The van der Waals surface area contributed by atoms with Gasteiger partial charge in [-0.15, -0.1) is 0 Å². The molecule has 1 aliphatic heterocycles. The van der Waals surface area contributed by atoms with E-state index in [0.717, 1.165) is 24.8 Å². The van der Waals surface area contributed by atoms with Crippen molar-refractivity contribution in [2.24, 2.45) is 5.14 Å². The zero-order valence-corrected chi connectivity index (χ0v) is 11.1. The molecule has 0 amide bonds. The van der Waals surface area contributed by atoms with Crippen molar-refractivity contribution in [3.05, 3.63) is 24.4 Å². The summed E-state index contributed by atoms with van der Waals surface area (Å²) in [6, 6.07) is 4.99. The standard InChI is InChI=1S/C12H15N3O3S/c13-19(16,17)11-5-3-4-10-9(11)8-14-15(10)12-6-1-2-7-18-12/h3-5,8,12H,1-2,6-7H2,(H2,13,16,17). The summed E-state index contributed by atoms with van der Waals surface area (Å²) in [5, 5.41) is 10.0.